The molecule has 0 atom stereocenters. The van der Waals surface area contributed by atoms with Crippen LogP contribution < -0.4 is 5.43 Å². The predicted octanol–water partition coefficient (Wildman–Crippen LogP) is 3.85. The fraction of sp³-hybridized carbons (Fsp3) is 0.158. The molecule has 0 saturated heterocycles. The summed E-state index contributed by atoms with van der Waals surface area (Å²) in [6.07, 6.45) is 3.74. The van der Waals surface area contributed by atoms with E-state index in [2.05, 4.69) is 40.9 Å². The summed E-state index contributed by atoms with van der Waals surface area (Å²) in [5, 5.41) is 8.82. The Balaban J connectivity index is 1.81. The molecule has 3 aromatic rings. The Morgan fingerprint density at radius 3 is 2.18 bits per heavy atom. The van der Waals surface area contributed by atoms with E-state index in [1.807, 2.05) is 24.3 Å². The standard InChI is InChI=1S/C19H16N2O/c22-19(13-9-10-13)21-20-12-18-16-7-3-1-5-14(16)11-15-6-2-4-8-17(15)18/h1-8,11-13H,9-10H2,(H,21,22)/b20-12+. The first-order chi connectivity index (χ1) is 10.8. The molecule has 1 N–H and O–H groups in total. The Bertz CT molecular complexity index is 840. The van der Waals surface area contributed by atoms with Crippen molar-refractivity contribution in [3.05, 3.63) is 60.2 Å². The molecular weight excluding hydrogens is 272 g/mol. The minimum absolute atomic E-state index is 0.0285. The van der Waals surface area contributed by atoms with Crippen LogP contribution >= 0.6 is 0 Å². The van der Waals surface area contributed by atoms with Crippen LogP contribution in [0, 0.1) is 5.92 Å². The molecule has 22 heavy (non-hydrogen) atoms. The first-order valence-electron chi connectivity index (χ1n) is 7.56. The van der Waals surface area contributed by atoms with E-state index >= 15 is 0 Å². The van der Waals surface area contributed by atoms with Gasteiger partial charge in [-0.25, -0.2) is 5.43 Å². The average Bonchev–Trinajstić information content (AvgIpc) is 3.39. The van der Waals surface area contributed by atoms with Gasteiger partial charge in [0.2, 0.25) is 5.91 Å². The second-order valence-corrected chi connectivity index (χ2v) is 5.74. The molecule has 1 amide bonds. The summed E-state index contributed by atoms with van der Waals surface area (Å²) in [4.78, 5) is 11.7. The van der Waals surface area contributed by atoms with Gasteiger partial charge in [0.1, 0.15) is 0 Å². The summed E-state index contributed by atoms with van der Waals surface area (Å²) in [5.74, 6) is 0.196. The number of amides is 1. The molecule has 3 aromatic carbocycles. The molecule has 0 spiro atoms. The van der Waals surface area contributed by atoms with Gasteiger partial charge in [-0.3, -0.25) is 4.79 Å². The van der Waals surface area contributed by atoms with Crippen LogP contribution in [0.5, 0.6) is 0 Å². The van der Waals surface area contributed by atoms with Crippen molar-refractivity contribution in [3.63, 3.8) is 0 Å². The van der Waals surface area contributed by atoms with Crippen molar-refractivity contribution in [1.29, 1.82) is 0 Å². The smallest absolute Gasteiger partial charge is 0.243 e. The van der Waals surface area contributed by atoms with Crippen LogP contribution in [0.1, 0.15) is 18.4 Å². The van der Waals surface area contributed by atoms with Crippen LogP contribution in [0.2, 0.25) is 0 Å². The second-order valence-electron chi connectivity index (χ2n) is 5.74. The lowest BCUT2D eigenvalue weighted by molar-refractivity contribution is -0.122. The van der Waals surface area contributed by atoms with Gasteiger partial charge in [-0.1, -0.05) is 48.5 Å². The van der Waals surface area contributed by atoms with Crippen molar-refractivity contribution in [2.24, 2.45) is 11.0 Å². The molecule has 1 aliphatic rings. The molecule has 0 aliphatic heterocycles. The molecule has 0 heterocycles. The molecule has 0 aromatic heterocycles. The Morgan fingerprint density at radius 1 is 1.00 bits per heavy atom. The first-order valence-corrected chi connectivity index (χ1v) is 7.56. The molecule has 1 aliphatic carbocycles. The van der Waals surface area contributed by atoms with Crippen molar-refractivity contribution in [1.82, 2.24) is 5.43 Å². The van der Waals surface area contributed by atoms with Crippen LogP contribution in [-0.2, 0) is 4.79 Å². The monoisotopic (exact) mass is 288 g/mol. The van der Waals surface area contributed by atoms with Gasteiger partial charge in [0.15, 0.2) is 0 Å². The molecule has 4 rings (SSSR count). The SMILES string of the molecule is O=C(N/N=C/c1c2ccccc2cc2ccccc12)C1CC1. The first kappa shape index (κ1) is 13.0. The molecule has 0 bridgehead atoms. The molecule has 0 radical (unpaired) electrons. The second kappa shape index (κ2) is 5.26. The highest BCUT2D eigenvalue weighted by Gasteiger charge is 2.29. The number of carbonyl (C=O) groups excluding carboxylic acids is 1. The van der Waals surface area contributed by atoms with Crippen molar-refractivity contribution < 1.29 is 4.79 Å². The van der Waals surface area contributed by atoms with Crippen LogP contribution in [0.3, 0.4) is 0 Å². The number of carbonyl (C=O) groups is 1. The van der Waals surface area contributed by atoms with Gasteiger partial charge in [0.25, 0.3) is 0 Å². The van der Waals surface area contributed by atoms with Crippen LogP contribution in [0.4, 0.5) is 0 Å². The predicted molar refractivity (Wildman–Crippen MR) is 89.9 cm³/mol. The largest absolute Gasteiger partial charge is 0.273 e. The highest BCUT2D eigenvalue weighted by molar-refractivity contribution is 6.13. The van der Waals surface area contributed by atoms with Crippen molar-refractivity contribution in [3.8, 4) is 0 Å². The van der Waals surface area contributed by atoms with E-state index in [1.54, 1.807) is 6.21 Å². The molecule has 3 heteroatoms. The number of fused-ring (bicyclic) bond motifs is 2. The number of benzene rings is 3. The molecule has 108 valence electrons. The van der Waals surface area contributed by atoms with Gasteiger partial charge in [-0.2, -0.15) is 5.10 Å². The van der Waals surface area contributed by atoms with Gasteiger partial charge in [-0.15, -0.1) is 0 Å². The molecule has 1 saturated carbocycles. The topological polar surface area (TPSA) is 41.5 Å². The fourth-order valence-corrected chi connectivity index (χ4v) is 2.79. The minimum atomic E-state index is 0.0285. The summed E-state index contributed by atoms with van der Waals surface area (Å²) < 4.78 is 0. The van der Waals surface area contributed by atoms with Crippen LogP contribution in [0.15, 0.2) is 59.7 Å². The third kappa shape index (κ3) is 2.35. The van der Waals surface area contributed by atoms with Crippen molar-refractivity contribution in [2.75, 3.05) is 0 Å². The van der Waals surface area contributed by atoms with Crippen molar-refractivity contribution >= 4 is 33.7 Å². The normalized spacial score (nSPS) is 14.7. The number of rotatable bonds is 3. The van der Waals surface area contributed by atoms with E-state index in [9.17, 15) is 4.79 Å². The summed E-state index contributed by atoms with van der Waals surface area (Å²) in [7, 11) is 0. The zero-order valence-corrected chi connectivity index (χ0v) is 12.1. The third-order valence-corrected chi connectivity index (χ3v) is 4.13. The lowest BCUT2D eigenvalue weighted by Crippen LogP contribution is -2.19. The number of hydrogen-bond donors (Lipinski definition) is 1. The Hall–Kier alpha value is -2.68. The fourth-order valence-electron chi connectivity index (χ4n) is 2.79. The third-order valence-electron chi connectivity index (χ3n) is 4.13. The Morgan fingerprint density at radius 2 is 1.59 bits per heavy atom. The lowest BCUT2D eigenvalue weighted by Gasteiger charge is -2.07. The summed E-state index contributed by atoms with van der Waals surface area (Å²) in [6.45, 7) is 0. The number of hydrogen-bond acceptors (Lipinski definition) is 2. The van der Waals surface area contributed by atoms with E-state index in [4.69, 9.17) is 0 Å². The van der Waals surface area contributed by atoms with E-state index in [0.717, 1.165) is 29.2 Å². The summed E-state index contributed by atoms with van der Waals surface area (Å²) >= 11 is 0. The van der Waals surface area contributed by atoms with Gasteiger partial charge in [0.05, 0.1) is 6.21 Å². The molecule has 0 unspecified atom stereocenters. The minimum Gasteiger partial charge on any atom is -0.273 e. The summed E-state index contributed by atoms with van der Waals surface area (Å²) in [5.41, 5.74) is 3.70. The maximum atomic E-state index is 11.7. The number of nitrogens with zero attached hydrogens (tertiary/aromatic N) is 1. The van der Waals surface area contributed by atoms with Gasteiger partial charge >= 0.3 is 0 Å². The maximum absolute atomic E-state index is 11.7. The van der Waals surface area contributed by atoms with E-state index in [0.29, 0.717) is 0 Å². The van der Waals surface area contributed by atoms with E-state index < -0.39 is 0 Å². The quantitative estimate of drug-likeness (QED) is 0.444. The van der Waals surface area contributed by atoms with Crippen molar-refractivity contribution in [2.45, 2.75) is 12.8 Å². The maximum Gasteiger partial charge on any atom is 0.243 e. The van der Waals surface area contributed by atoms with Gasteiger partial charge in [-0.05, 0) is 40.5 Å². The van der Waals surface area contributed by atoms with E-state index in [-0.39, 0.29) is 11.8 Å². The van der Waals surface area contributed by atoms with Gasteiger partial charge < -0.3 is 0 Å². The number of nitrogens with one attached hydrogen (secondary N) is 1. The zero-order chi connectivity index (χ0) is 14.9. The molecular formula is C19H16N2O. The molecule has 1 fully saturated rings. The Labute approximate surface area is 128 Å². The highest BCUT2D eigenvalue weighted by Crippen LogP contribution is 2.29. The summed E-state index contributed by atoms with van der Waals surface area (Å²) in [6, 6.07) is 18.7. The Kier molecular flexibility index (Phi) is 3.11. The van der Waals surface area contributed by atoms with E-state index in [1.165, 1.54) is 10.8 Å². The van der Waals surface area contributed by atoms with Crippen LogP contribution in [-0.4, -0.2) is 12.1 Å². The zero-order valence-electron chi connectivity index (χ0n) is 12.1. The highest BCUT2D eigenvalue weighted by atomic mass is 16.2. The molecule has 3 nitrogen and oxygen atoms in total. The number of hydrazone groups is 1. The average molecular weight is 288 g/mol. The lowest BCUT2D eigenvalue weighted by atomic mass is 9.97. The van der Waals surface area contributed by atoms with Gasteiger partial charge in [0, 0.05) is 11.5 Å². The van der Waals surface area contributed by atoms with Crippen LogP contribution in [0.25, 0.3) is 21.5 Å².